The Morgan fingerprint density at radius 1 is 0.676 bits per heavy atom. The molecule has 1 aliphatic rings. The number of likely N-dealkylation sites (tertiary alicyclic amines) is 1. The molecule has 17 nitrogen and oxygen atoms in total. The zero-order valence-electron chi connectivity index (χ0n) is 41.7. The number of carbonyl (C=O) groups is 8. The minimum Gasteiger partial charge on any atom is -0.479 e. The molecule has 1 saturated heterocycles. The van der Waals surface area contributed by atoms with Crippen molar-refractivity contribution in [2.75, 3.05) is 27.7 Å². The number of nitrogens with one attached hydrogen (secondary N) is 1. The fraction of sp³-hybridized carbons (Fsp3) is 0.608. The molecular formula is C51H74N4O13. The van der Waals surface area contributed by atoms with Gasteiger partial charge in [0.25, 0.3) is 17.7 Å². The molecule has 0 spiro atoms. The summed E-state index contributed by atoms with van der Waals surface area (Å²) < 4.78 is 22.9. The van der Waals surface area contributed by atoms with Crippen molar-refractivity contribution in [3.63, 3.8) is 0 Å². The molecule has 0 bridgehead atoms. The van der Waals surface area contributed by atoms with Gasteiger partial charge in [-0.15, -0.1) is 0 Å². The van der Waals surface area contributed by atoms with Gasteiger partial charge in [-0.2, -0.15) is 0 Å². The number of piperidine rings is 1. The smallest absolute Gasteiger partial charge is 0.344 e. The van der Waals surface area contributed by atoms with E-state index in [1.807, 2.05) is 52.8 Å². The number of benzene rings is 2. The highest BCUT2D eigenvalue weighted by Gasteiger charge is 2.43. The Balaban J connectivity index is 1.89. The van der Waals surface area contributed by atoms with Crippen molar-refractivity contribution in [2.24, 2.45) is 17.8 Å². The van der Waals surface area contributed by atoms with Gasteiger partial charge in [0.05, 0.1) is 0 Å². The maximum absolute atomic E-state index is 14.4. The summed E-state index contributed by atoms with van der Waals surface area (Å²) in [6.45, 7) is 13.8. The molecular weight excluding hydrogens is 877 g/mol. The first-order valence-electron chi connectivity index (χ1n) is 23.8. The summed E-state index contributed by atoms with van der Waals surface area (Å²) in [5, 5.41) is 12.3. The summed E-state index contributed by atoms with van der Waals surface area (Å²) in [6.07, 6.45) is -3.14. The Hall–Kier alpha value is -5.84. The summed E-state index contributed by atoms with van der Waals surface area (Å²) in [5.41, 5.74) is 1.38. The predicted molar refractivity (Wildman–Crippen MR) is 252 cm³/mol. The largest absolute Gasteiger partial charge is 0.479 e. The number of likely N-dealkylation sites (N-methyl/N-ethyl adjacent to an activating group) is 3. The van der Waals surface area contributed by atoms with E-state index in [1.165, 1.54) is 37.7 Å². The quantitative estimate of drug-likeness (QED) is 0.0990. The molecule has 0 radical (unpaired) electrons. The predicted octanol–water partition coefficient (Wildman–Crippen LogP) is 5.00. The molecule has 3 rings (SSSR count). The van der Waals surface area contributed by atoms with E-state index in [9.17, 15) is 43.5 Å². The van der Waals surface area contributed by atoms with Gasteiger partial charge in [-0.25, -0.2) is 19.2 Å². The van der Waals surface area contributed by atoms with Crippen molar-refractivity contribution in [1.82, 2.24) is 20.0 Å². The SMILES string of the molecule is CC[C@H](C)[C@H](NC)C(=O)O[C@H](Cc1ccccc1)C(=O)N(C)[C@H](C(=O)O[C@H](C)C(=O)N(C)[C@@H](CC(C)C)C(=O)O[C@H](Cc1ccccc1)C(=O)N1CCCC[C@H]1C(=O)O[C@H](C)C(=O)O)[C@@H](C)CC. The van der Waals surface area contributed by atoms with Crippen LogP contribution in [0.4, 0.5) is 0 Å². The van der Waals surface area contributed by atoms with Gasteiger partial charge in [-0.3, -0.25) is 19.2 Å². The molecule has 17 heteroatoms. The molecule has 68 heavy (non-hydrogen) atoms. The van der Waals surface area contributed by atoms with Crippen LogP contribution in [0.25, 0.3) is 0 Å². The summed E-state index contributed by atoms with van der Waals surface area (Å²) >= 11 is 0. The average Bonchev–Trinajstić information content (AvgIpc) is 3.32. The number of hydrogen-bond donors (Lipinski definition) is 2. The minimum absolute atomic E-state index is 0.0387. The lowest BCUT2D eigenvalue weighted by Crippen LogP contribution is -2.55. The van der Waals surface area contributed by atoms with Gasteiger partial charge in [-0.1, -0.05) is 115 Å². The normalized spacial score (nSPS) is 17.7. The van der Waals surface area contributed by atoms with Crippen molar-refractivity contribution in [3.8, 4) is 0 Å². The number of carboxylic acid groups (broad SMARTS) is 1. The minimum atomic E-state index is -1.45. The van der Waals surface area contributed by atoms with Gasteiger partial charge >= 0.3 is 29.8 Å². The molecule has 1 aliphatic heterocycles. The standard InChI is InChI=1S/C51H74N4O13/c1-12-32(5)42(52-9)50(63)68-40(29-36-22-16-14-17-23-36)45(57)54(11)43(33(6)13-2)51(64)65-34(7)44(56)53(10)39(28-31(3)4)49(62)67-41(30-37-24-18-15-19-25-37)46(58)55-27-21-20-26-38(55)48(61)66-35(8)47(59)60/h14-19,22-25,31-35,38-43,52H,12-13,20-21,26-30H2,1-11H3,(H,59,60)/t32-,33-,34+,35+,38-,39-,40+,41+,42-,43-/m0/s1. The van der Waals surface area contributed by atoms with Crippen LogP contribution in [-0.4, -0.2) is 144 Å². The van der Waals surface area contributed by atoms with Crippen LogP contribution in [0.3, 0.4) is 0 Å². The first-order chi connectivity index (χ1) is 32.2. The van der Waals surface area contributed by atoms with Gasteiger partial charge in [-0.05, 0) is 75.5 Å². The molecule has 2 aromatic carbocycles. The maximum atomic E-state index is 14.4. The zero-order chi connectivity index (χ0) is 50.8. The van der Waals surface area contributed by atoms with E-state index in [0.29, 0.717) is 31.2 Å². The average molecular weight is 951 g/mol. The second-order valence-corrected chi connectivity index (χ2v) is 18.3. The molecule has 0 aliphatic carbocycles. The van der Waals surface area contributed by atoms with Crippen molar-refractivity contribution >= 4 is 47.6 Å². The third-order valence-electron chi connectivity index (χ3n) is 12.7. The van der Waals surface area contributed by atoms with E-state index >= 15 is 0 Å². The van der Waals surface area contributed by atoms with E-state index in [1.54, 1.807) is 56.4 Å². The van der Waals surface area contributed by atoms with E-state index in [0.717, 1.165) is 10.5 Å². The number of esters is 4. The number of amides is 3. The highest BCUT2D eigenvalue weighted by Crippen LogP contribution is 2.25. The van der Waals surface area contributed by atoms with Gasteiger partial charge < -0.3 is 44.1 Å². The Labute approximate surface area is 401 Å². The van der Waals surface area contributed by atoms with Crippen LogP contribution in [0.1, 0.15) is 105 Å². The van der Waals surface area contributed by atoms with Gasteiger partial charge in [0.1, 0.15) is 24.2 Å². The number of rotatable bonds is 25. The molecule has 3 amide bonds. The number of carboxylic acids is 1. The molecule has 1 heterocycles. The van der Waals surface area contributed by atoms with Crippen molar-refractivity contribution in [1.29, 1.82) is 0 Å². The number of hydrogen-bond acceptors (Lipinski definition) is 13. The number of nitrogens with zero attached hydrogens (tertiary/aromatic N) is 3. The first-order valence-corrected chi connectivity index (χ1v) is 23.8. The highest BCUT2D eigenvalue weighted by molar-refractivity contribution is 5.93. The van der Waals surface area contributed by atoms with Crippen LogP contribution < -0.4 is 5.32 Å². The van der Waals surface area contributed by atoms with Crippen molar-refractivity contribution in [2.45, 2.75) is 155 Å². The van der Waals surface area contributed by atoms with E-state index in [4.69, 9.17) is 18.9 Å². The zero-order valence-corrected chi connectivity index (χ0v) is 41.7. The topological polar surface area (TPSA) is 215 Å². The van der Waals surface area contributed by atoms with Crippen molar-refractivity contribution in [3.05, 3.63) is 71.8 Å². The highest BCUT2D eigenvalue weighted by atomic mass is 16.6. The molecule has 1 fully saturated rings. The van der Waals surface area contributed by atoms with Crippen LogP contribution >= 0.6 is 0 Å². The summed E-state index contributed by atoms with van der Waals surface area (Å²) in [6, 6.07) is 13.6. The van der Waals surface area contributed by atoms with Crippen LogP contribution in [0.15, 0.2) is 60.7 Å². The Bertz CT molecular complexity index is 2000. The lowest BCUT2D eigenvalue weighted by atomic mass is 9.96. The molecule has 2 N–H and O–H groups in total. The van der Waals surface area contributed by atoms with Gasteiger partial charge in [0, 0.05) is 33.5 Å². The monoisotopic (exact) mass is 951 g/mol. The Morgan fingerprint density at radius 3 is 1.74 bits per heavy atom. The van der Waals surface area contributed by atoms with E-state index in [2.05, 4.69) is 5.32 Å². The summed E-state index contributed by atoms with van der Waals surface area (Å²) in [4.78, 5) is 113. The van der Waals surface area contributed by atoms with Gasteiger partial charge in [0.2, 0.25) is 0 Å². The van der Waals surface area contributed by atoms with Crippen LogP contribution in [0.5, 0.6) is 0 Å². The third-order valence-corrected chi connectivity index (χ3v) is 12.7. The number of aliphatic carboxylic acids is 1. The second-order valence-electron chi connectivity index (χ2n) is 18.3. The Kier molecular flexibility index (Phi) is 22.6. The fourth-order valence-electron chi connectivity index (χ4n) is 8.20. The third kappa shape index (κ3) is 15.9. The molecule has 0 aromatic heterocycles. The lowest BCUT2D eigenvalue weighted by molar-refractivity contribution is -0.176. The number of ether oxygens (including phenoxy) is 4. The van der Waals surface area contributed by atoms with Gasteiger partial charge in [0.15, 0.2) is 24.4 Å². The molecule has 0 saturated carbocycles. The van der Waals surface area contributed by atoms with E-state index in [-0.39, 0.29) is 44.1 Å². The van der Waals surface area contributed by atoms with E-state index < -0.39 is 102 Å². The molecule has 376 valence electrons. The fourth-order valence-corrected chi connectivity index (χ4v) is 8.20. The Morgan fingerprint density at radius 2 is 1.22 bits per heavy atom. The lowest BCUT2D eigenvalue weighted by Gasteiger charge is -2.37. The molecule has 10 atom stereocenters. The molecule has 0 unspecified atom stereocenters. The maximum Gasteiger partial charge on any atom is 0.344 e. The van der Waals surface area contributed by atoms with Crippen molar-refractivity contribution < 1.29 is 62.4 Å². The molecule has 2 aromatic rings. The van der Waals surface area contributed by atoms with Crippen LogP contribution in [-0.2, 0) is 70.1 Å². The first kappa shape index (κ1) is 56.5. The second kappa shape index (κ2) is 27.2. The summed E-state index contributed by atoms with van der Waals surface area (Å²) in [5.74, 6) is -7.44. The number of carbonyl (C=O) groups excluding carboxylic acids is 7. The van der Waals surface area contributed by atoms with Crippen LogP contribution in [0, 0.1) is 17.8 Å². The van der Waals surface area contributed by atoms with Crippen LogP contribution in [0.2, 0.25) is 0 Å². The summed E-state index contributed by atoms with van der Waals surface area (Å²) in [7, 11) is 4.45.